The molecule has 1 heterocycles. The Bertz CT molecular complexity index is 260. The lowest BCUT2D eigenvalue weighted by Crippen LogP contribution is -2.31. The summed E-state index contributed by atoms with van der Waals surface area (Å²) in [7, 11) is 0. The van der Waals surface area contributed by atoms with Gasteiger partial charge in [-0.1, -0.05) is 32.9 Å². The van der Waals surface area contributed by atoms with Crippen LogP contribution >= 0.6 is 0 Å². The molecular formula is C12H23N3O. The standard InChI is InChI=1S/C12H23N3O/c1-9(2)5-11(6-10(3)4)13-7-12-14-8-16-15-12/h8-11,13H,5-7H2,1-4H3. The average molecular weight is 225 g/mol. The maximum Gasteiger partial charge on any atom is 0.213 e. The molecule has 1 rings (SSSR count). The Labute approximate surface area is 97.8 Å². The molecular weight excluding hydrogens is 202 g/mol. The molecule has 1 aromatic heterocycles. The number of rotatable bonds is 7. The lowest BCUT2D eigenvalue weighted by atomic mass is 9.95. The van der Waals surface area contributed by atoms with Crippen LogP contribution < -0.4 is 5.32 Å². The highest BCUT2D eigenvalue weighted by Crippen LogP contribution is 2.13. The minimum Gasteiger partial charge on any atom is -0.343 e. The quantitative estimate of drug-likeness (QED) is 0.775. The maximum atomic E-state index is 4.71. The number of nitrogens with zero attached hydrogens (tertiary/aromatic N) is 2. The molecule has 0 amide bonds. The molecule has 0 saturated heterocycles. The van der Waals surface area contributed by atoms with E-state index in [2.05, 4.69) is 43.2 Å². The second-order valence-corrected chi connectivity index (χ2v) is 5.18. The molecule has 0 bridgehead atoms. The van der Waals surface area contributed by atoms with Crippen molar-refractivity contribution in [2.75, 3.05) is 0 Å². The predicted molar refractivity (Wildman–Crippen MR) is 63.8 cm³/mol. The molecule has 0 aliphatic rings. The molecule has 0 atom stereocenters. The van der Waals surface area contributed by atoms with Crippen molar-refractivity contribution in [1.82, 2.24) is 15.5 Å². The topological polar surface area (TPSA) is 51.0 Å². The molecule has 16 heavy (non-hydrogen) atoms. The summed E-state index contributed by atoms with van der Waals surface area (Å²) in [5.41, 5.74) is 0. The summed E-state index contributed by atoms with van der Waals surface area (Å²) >= 11 is 0. The SMILES string of the molecule is CC(C)CC(CC(C)C)NCc1ncon1. The van der Waals surface area contributed by atoms with Crippen LogP contribution in [0.25, 0.3) is 0 Å². The van der Waals surface area contributed by atoms with Crippen LogP contribution in [0.1, 0.15) is 46.4 Å². The van der Waals surface area contributed by atoms with Crippen LogP contribution in [-0.2, 0) is 6.54 Å². The van der Waals surface area contributed by atoms with Crippen LogP contribution in [0, 0.1) is 11.8 Å². The molecule has 0 aromatic carbocycles. The summed E-state index contributed by atoms with van der Waals surface area (Å²) < 4.78 is 4.71. The molecule has 92 valence electrons. The monoisotopic (exact) mass is 225 g/mol. The van der Waals surface area contributed by atoms with Crippen molar-refractivity contribution in [3.05, 3.63) is 12.2 Å². The Morgan fingerprint density at radius 1 is 1.19 bits per heavy atom. The molecule has 4 nitrogen and oxygen atoms in total. The van der Waals surface area contributed by atoms with Gasteiger partial charge in [0.1, 0.15) is 0 Å². The molecule has 0 aliphatic carbocycles. The lowest BCUT2D eigenvalue weighted by Gasteiger charge is -2.21. The molecule has 1 N–H and O–H groups in total. The van der Waals surface area contributed by atoms with Crippen molar-refractivity contribution < 1.29 is 4.52 Å². The number of nitrogens with one attached hydrogen (secondary N) is 1. The third kappa shape index (κ3) is 5.26. The van der Waals surface area contributed by atoms with E-state index in [1.54, 1.807) is 0 Å². The average Bonchev–Trinajstić information content (AvgIpc) is 2.64. The fraction of sp³-hybridized carbons (Fsp3) is 0.833. The van der Waals surface area contributed by atoms with Crippen LogP contribution in [0.3, 0.4) is 0 Å². The van der Waals surface area contributed by atoms with Gasteiger partial charge in [0.2, 0.25) is 6.39 Å². The zero-order valence-corrected chi connectivity index (χ0v) is 10.7. The highest BCUT2D eigenvalue weighted by molar-refractivity contribution is 4.79. The van der Waals surface area contributed by atoms with Gasteiger partial charge in [0.25, 0.3) is 0 Å². The van der Waals surface area contributed by atoms with E-state index in [1.807, 2.05) is 0 Å². The van der Waals surface area contributed by atoms with Crippen LogP contribution in [0.2, 0.25) is 0 Å². The molecule has 0 aliphatic heterocycles. The van der Waals surface area contributed by atoms with Crippen LogP contribution in [-0.4, -0.2) is 16.2 Å². The first kappa shape index (κ1) is 13.2. The van der Waals surface area contributed by atoms with Crippen molar-refractivity contribution in [3.63, 3.8) is 0 Å². The number of aromatic nitrogens is 2. The Kier molecular flexibility index (Phi) is 5.46. The number of hydrogen-bond donors (Lipinski definition) is 1. The van der Waals surface area contributed by atoms with E-state index < -0.39 is 0 Å². The van der Waals surface area contributed by atoms with E-state index in [1.165, 1.54) is 19.2 Å². The molecule has 0 spiro atoms. The minimum atomic E-state index is 0.540. The normalized spacial score (nSPS) is 11.9. The van der Waals surface area contributed by atoms with Gasteiger partial charge in [0, 0.05) is 6.04 Å². The van der Waals surface area contributed by atoms with Gasteiger partial charge in [-0.05, 0) is 24.7 Å². The van der Waals surface area contributed by atoms with Gasteiger partial charge in [-0.3, -0.25) is 0 Å². The zero-order valence-electron chi connectivity index (χ0n) is 10.7. The van der Waals surface area contributed by atoms with Crippen molar-refractivity contribution in [2.45, 2.75) is 53.1 Å². The highest BCUT2D eigenvalue weighted by atomic mass is 16.5. The van der Waals surface area contributed by atoms with Crippen LogP contribution in [0.15, 0.2) is 10.9 Å². The van der Waals surface area contributed by atoms with Crippen LogP contribution in [0.4, 0.5) is 0 Å². The van der Waals surface area contributed by atoms with Gasteiger partial charge < -0.3 is 9.84 Å². The van der Waals surface area contributed by atoms with Gasteiger partial charge in [-0.25, -0.2) is 0 Å². The largest absolute Gasteiger partial charge is 0.343 e. The first-order valence-corrected chi connectivity index (χ1v) is 6.06. The van der Waals surface area contributed by atoms with E-state index in [9.17, 15) is 0 Å². The smallest absolute Gasteiger partial charge is 0.213 e. The van der Waals surface area contributed by atoms with Gasteiger partial charge in [0.15, 0.2) is 5.82 Å². The second kappa shape index (κ2) is 6.63. The van der Waals surface area contributed by atoms with E-state index in [4.69, 9.17) is 4.52 Å². The van der Waals surface area contributed by atoms with Crippen molar-refractivity contribution in [2.24, 2.45) is 11.8 Å². The molecule has 0 radical (unpaired) electrons. The molecule has 0 unspecified atom stereocenters. The summed E-state index contributed by atoms with van der Waals surface area (Å²) in [6.07, 6.45) is 3.75. The van der Waals surface area contributed by atoms with Crippen molar-refractivity contribution >= 4 is 0 Å². The zero-order chi connectivity index (χ0) is 12.0. The van der Waals surface area contributed by atoms with E-state index in [0.717, 1.165) is 5.82 Å². The maximum absolute atomic E-state index is 4.71. The predicted octanol–water partition coefficient (Wildman–Crippen LogP) is 2.62. The van der Waals surface area contributed by atoms with E-state index in [0.29, 0.717) is 24.4 Å². The van der Waals surface area contributed by atoms with Gasteiger partial charge in [-0.2, -0.15) is 4.98 Å². The van der Waals surface area contributed by atoms with Crippen LogP contribution in [0.5, 0.6) is 0 Å². The first-order chi connectivity index (χ1) is 7.58. The fourth-order valence-corrected chi connectivity index (χ4v) is 1.91. The Hall–Kier alpha value is -0.900. The summed E-state index contributed by atoms with van der Waals surface area (Å²) in [5, 5.41) is 7.30. The van der Waals surface area contributed by atoms with E-state index in [-0.39, 0.29) is 0 Å². The van der Waals surface area contributed by atoms with Gasteiger partial charge in [-0.15, -0.1) is 0 Å². The highest BCUT2D eigenvalue weighted by Gasteiger charge is 2.13. The van der Waals surface area contributed by atoms with Crippen molar-refractivity contribution in [3.8, 4) is 0 Å². The third-order valence-electron chi connectivity index (χ3n) is 2.47. The third-order valence-corrected chi connectivity index (χ3v) is 2.47. The Balaban J connectivity index is 2.37. The Morgan fingerprint density at radius 3 is 2.25 bits per heavy atom. The summed E-state index contributed by atoms with van der Waals surface area (Å²) in [4.78, 5) is 4.01. The Morgan fingerprint density at radius 2 is 1.81 bits per heavy atom. The minimum absolute atomic E-state index is 0.540. The summed E-state index contributed by atoms with van der Waals surface area (Å²) in [6.45, 7) is 9.71. The van der Waals surface area contributed by atoms with Gasteiger partial charge in [0.05, 0.1) is 6.54 Å². The van der Waals surface area contributed by atoms with Gasteiger partial charge >= 0.3 is 0 Å². The molecule has 4 heteroatoms. The first-order valence-electron chi connectivity index (χ1n) is 6.06. The molecule has 0 fully saturated rings. The molecule has 1 aromatic rings. The summed E-state index contributed by atoms with van der Waals surface area (Å²) in [5.74, 6) is 2.15. The number of hydrogen-bond acceptors (Lipinski definition) is 4. The fourth-order valence-electron chi connectivity index (χ4n) is 1.91. The summed E-state index contributed by atoms with van der Waals surface area (Å²) in [6, 6.07) is 0.540. The molecule has 0 saturated carbocycles. The van der Waals surface area contributed by atoms with Crippen molar-refractivity contribution in [1.29, 1.82) is 0 Å². The lowest BCUT2D eigenvalue weighted by molar-refractivity contribution is 0.350. The second-order valence-electron chi connectivity index (χ2n) is 5.18. The van der Waals surface area contributed by atoms with E-state index >= 15 is 0 Å².